The minimum Gasteiger partial charge on any atom is -0.299 e. The number of rotatable bonds is 11. The van der Waals surface area contributed by atoms with Gasteiger partial charge in [-0.1, -0.05) is 61.0 Å². The van der Waals surface area contributed by atoms with Crippen molar-refractivity contribution in [2.75, 3.05) is 0 Å². The standard InChI is InChI=1S/C24H27ClF2OS/c1-4-5-11-23(29-20-14-12-17(2)13-15-20)21(24(25,26)27)16-22(28)18(3)19-9-7-6-8-10-19/h4,6-10,12-15,18,21,23H,1,5,11,16H2,2-3H3/t18-,21+,23-/m0/s1. The summed E-state index contributed by atoms with van der Waals surface area (Å²) in [5, 5.41) is -3.98. The summed E-state index contributed by atoms with van der Waals surface area (Å²) >= 11 is 6.89. The smallest absolute Gasteiger partial charge is 0.299 e. The molecular formula is C24H27ClF2OS. The van der Waals surface area contributed by atoms with Crippen LogP contribution in [0.5, 0.6) is 0 Å². The van der Waals surface area contributed by atoms with Gasteiger partial charge < -0.3 is 0 Å². The molecule has 0 radical (unpaired) electrons. The third-order valence-electron chi connectivity index (χ3n) is 5.04. The van der Waals surface area contributed by atoms with Gasteiger partial charge in [0.1, 0.15) is 5.78 Å². The van der Waals surface area contributed by atoms with Crippen molar-refractivity contribution in [2.24, 2.45) is 5.92 Å². The van der Waals surface area contributed by atoms with Gasteiger partial charge in [-0.25, -0.2) is 0 Å². The molecule has 0 N–H and O–H groups in total. The molecule has 2 aromatic carbocycles. The first-order valence-corrected chi connectivity index (χ1v) is 11.0. The molecule has 29 heavy (non-hydrogen) atoms. The molecule has 2 aromatic rings. The topological polar surface area (TPSA) is 17.1 Å². The molecule has 0 bridgehead atoms. The van der Waals surface area contributed by atoms with E-state index in [1.54, 1.807) is 13.0 Å². The lowest BCUT2D eigenvalue weighted by atomic mass is 9.88. The number of hydrogen-bond acceptors (Lipinski definition) is 2. The number of allylic oxidation sites excluding steroid dienone is 1. The number of carbonyl (C=O) groups is 1. The molecule has 0 aliphatic heterocycles. The summed E-state index contributed by atoms with van der Waals surface area (Å²) in [4.78, 5) is 13.7. The maximum Gasteiger partial charge on any atom is 0.325 e. The number of alkyl halides is 3. The van der Waals surface area contributed by atoms with E-state index in [0.717, 1.165) is 16.0 Å². The van der Waals surface area contributed by atoms with Gasteiger partial charge in [0, 0.05) is 22.5 Å². The van der Waals surface area contributed by atoms with E-state index in [9.17, 15) is 13.6 Å². The van der Waals surface area contributed by atoms with Gasteiger partial charge in [0.25, 0.3) is 0 Å². The van der Waals surface area contributed by atoms with Crippen LogP contribution in [0.15, 0.2) is 72.1 Å². The molecule has 0 unspecified atom stereocenters. The summed E-state index contributed by atoms with van der Waals surface area (Å²) in [5.41, 5.74) is 1.92. The molecule has 0 aliphatic rings. The van der Waals surface area contributed by atoms with Gasteiger partial charge in [-0.3, -0.25) is 4.79 Å². The second kappa shape index (κ2) is 10.9. The number of hydrogen-bond donors (Lipinski definition) is 0. The number of ketones is 1. The predicted octanol–water partition coefficient (Wildman–Crippen LogP) is 7.63. The maximum absolute atomic E-state index is 14.4. The Labute approximate surface area is 181 Å². The van der Waals surface area contributed by atoms with E-state index in [2.05, 4.69) is 6.58 Å². The second-order valence-electron chi connectivity index (χ2n) is 7.29. The highest BCUT2D eigenvalue weighted by atomic mass is 35.5. The first-order valence-electron chi connectivity index (χ1n) is 9.71. The Morgan fingerprint density at radius 3 is 2.34 bits per heavy atom. The van der Waals surface area contributed by atoms with E-state index in [1.165, 1.54) is 11.8 Å². The molecule has 3 atom stereocenters. The van der Waals surface area contributed by atoms with Crippen molar-refractivity contribution in [3.05, 3.63) is 78.4 Å². The Hall–Kier alpha value is -1.65. The van der Waals surface area contributed by atoms with Crippen LogP contribution in [0, 0.1) is 12.8 Å². The molecule has 0 spiro atoms. The Balaban J connectivity index is 2.24. The molecule has 0 saturated carbocycles. The maximum atomic E-state index is 14.4. The molecule has 0 amide bonds. The quantitative estimate of drug-likeness (QED) is 0.204. The van der Waals surface area contributed by atoms with Crippen LogP contribution in [0.2, 0.25) is 0 Å². The highest BCUT2D eigenvalue weighted by Crippen LogP contribution is 2.43. The largest absolute Gasteiger partial charge is 0.325 e. The van der Waals surface area contributed by atoms with E-state index < -0.39 is 22.5 Å². The Kier molecular flexibility index (Phi) is 8.91. The Morgan fingerprint density at radius 2 is 1.79 bits per heavy atom. The molecule has 0 fully saturated rings. The highest BCUT2D eigenvalue weighted by Gasteiger charge is 2.44. The third kappa shape index (κ3) is 7.27. The zero-order valence-electron chi connectivity index (χ0n) is 16.8. The first kappa shape index (κ1) is 23.6. The summed E-state index contributed by atoms with van der Waals surface area (Å²) < 4.78 is 28.9. The van der Waals surface area contributed by atoms with Crippen molar-refractivity contribution in [1.82, 2.24) is 0 Å². The van der Waals surface area contributed by atoms with Gasteiger partial charge in [-0.15, -0.1) is 18.3 Å². The van der Waals surface area contributed by atoms with Crippen molar-refractivity contribution >= 4 is 29.1 Å². The van der Waals surface area contributed by atoms with E-state index in [4.69, 9.17) is 11.6 Å². The van der Waals surface area contributed by atoms with Gasteiger partial charge in [0.05, 0.1) is 5.92 Å². The molecular weight excluding hydrogens is 410 g/mol. The number of thioether (sulfide) groups is 1. The van der Waals surface area contributed by atoms with Gasteiger partial charge in [0.2, 0.25) is 0 Å². The fourth-order valence-electron chi connectivity index (χ4n) is 3.20. The Morgan fingerprint density at radius 1 is 1.17 bits per heavy atom. The van der Waals surface area contributed by atoms with Crippen LogP contribution >= 0.6 is 23.4 Å². The van der Waals surface area contributed by atoms with E-state index in [-0.39, 0.29) is 12.2 Å². The molecule has 0 aromatic heterocycles. The lowest BCUT2D eigenvalue weighted by molar-refractivity contribution is -0.123. The average molecular weight is 437 g/mol. The van der Waals surface area contributed by atoms with Crippen LogP contribution in [0.4, 0.5) is 8.78 Å². The van der Waals surface area contributed by atoms with Gasteiger partial charge in [-0.05, 0) is 49.1 Å². The number of Topliss-reactive ketones (excluding diaryl/α,β-unsaturated/α-hetero) is 1. The number of benzene rings is 2. The molecule has 5 heteroatoms. The monoisotopic (exact) mass is 436 g/mol. The minimum atomic E-state index is -3.48. The van der Waals surface area contributed by atoms with Crippen LogP contribution in [0.1, 0.15) is 43.2 Å². The van der Waals surface area contributed by atoms with Crippen LogP contribution in [0.3, 0.4) is 0 Å². The van der Waals surface area contributed by atoms with Crippen molar-refractivity contribution in [3.63, 3.8) is 0 Å². The summed E-state index contributed by atoms with van der Waals surface area (Å²) in [6, 6.07) is 16.9. The lowest BCUT2D eigenvalue weighted by Crippen LogP contribution is -2.34. The third-order valence-corrected chi connectivity index (χ3v) is 6.73. The summed E-state index contributed by atoms with van der Waals surface area (Å²) in [7, 11) is 0. The number of halogens is 3. The summed E-state index contributed by atoms with van der Waals surface area (Å²) in [6.45, 7) is 7.44. The van der Waals surface area contributed by atoms with Crippen molar-refractivity contribution < 1.29 is 13.6 Å². The van der Waals surface area contributed by atoms with Crippen LogP contribution in [0.25, 0.3) is 0 Å². The van der Waals surface area contributed by atoms with E-state index in [0.29, 0.717) is 12.8 Å². The van der Waals surface area contributed by atoms with Crippen molar-refractivity contribution in [1.29, 1.82) is 0 Å². The first-order chi connectivity index (χ1) is 13.7. The summed E-state index contributed by atoms with van der Waals surface area (Å²) in [6.07, 6.45) is 2.49. The number of carbonyl (C=O) groups excluding carboxylic acids is 1. The second-order valence-corrected chi connectivity index (χ2v) is 9.10. The van der Waals surface area contributed by atoms with Crippen molar-refractivity contribution in [3.8, 4) is 0 Å². The fourth-order valence-corrected chi connectivity index (χ4v) is 4.83. The van der Waals surface area contributed by atoms with Crippen LogP contribution in [-0.2, 0) is 4.79 Å². The van der Waals surface area contributed by atoms with Crippen LogP contribution < -0.4 is 0 Å². The molecule has 156 valence electrons. The molecule has 0 aliphatic carbocycles. The predicted molar refractivity (Wildman–Crippen MR) is 119 cm³/mol. The van der Waals surface area contributed by atoms with E-state index >= 15 is 0 Å². The average Bonchev–Trinajstić information content (AvgIpc) is 2.70. The van der Waals surface area contributed by atoms with Gasteiger partial charge in [-0.2, -0.15) is 8.78 Å². The fraction of sp³-hybridized carbons (Fsp3) is 0.375. The molecule has 0 saturated heterocycles. The molecule has 1 nitrogen and oxygen atoms in total. The Bertz CT molecular complexity index is 787. The zero-order valence-corrected chi connectivity index (χ0v) is 18.4. The highest BCUT2D eigenvalue weighted by molar-refractivity contribution is 8.00. The van der Waals surface area contributed by atoms with E-state index in [1.807, 2.05) is 61.5 Å². The molecule has 0 heterocycles. The lowest BCUT2D eigenvalue weighted by Gasteiger charge is -2.30. The molecule has 2 rings (SSSR count). The van der Waals surface area contributed by atoms with Crippen molar-refractivity contribution in [2.45, 2.75) is 54.6 Å². The SMILES string of the molecule is C=CCC[C@H](Sc1ccc(C)cc1)[C@@H](CC(=O)[C@@H](C)c1ccccc1)C(F)(F)Cl. The normalized spacial score (nSPS) is 14.8. The number of aryl methyl sites for hydroxylation is 1. The van der Waals surface area contributed by atoms with Gasteiger partial charge in [0.15, 0.2) is 0 Å². The van der Waals surface area contributed by atoms with Crippen LogP contribution in [-0.4, -0.2) is 16.4 Å². The minimum absolute atomic E-state index is 0.227. The van der Waals surface area contributed by atoms with Gasteiger partial charge >= 0.3 is 5.38 Å². The zero-order chi connectivity index (χ0) is 21.4. The summed E-state index contributed by atoms with van der Waals surface area (Å²) in [5.74, 6) is -1.95.